The number of hydrogen-bond donors (Lipinski definition) is 1. The summed E-state index contributed by atoms with van der Waals surface area (Å²) in [6.07, 6.45) is 2.90. The molecule has 1 N–H and O–H groups in total. The number of aliphatic carboxylic acids is 1. The maximum atomic E-state index is 11.4. The lowest BCUT2D eigenvalue weighted by molar-refractivity contribution is -0.143. The molecule has 0 aromatic rings. The van der Waals surface area contributed by atoms with Gasteiger partial charge in [0.1, 0.15) is 0 Å². The first kappa shape index (κ1) is 14.0. The number of hydrogen-bond acceptors (Lipinski definition) is 3. The molecule has 1 saturated heterocycles. The van der Waals surface area contributed by atoms with E-state index in [0.29, 0.717) is 6.42 Å². The zero-order valence-corrected chi connectivity index (χ0v) is 10.7. The number of likely N-dealkylation sites (tertiary alicyclic amines) is 1. The van der Waals surface area contributed by atoms with E-state index in [1.54, 1.807) is 19.0 Å². The Labute approximate surface area is 102 Å². The van der Waals surface area contributed by atoms with Gasteiger partial charge in [0.2, 0.25) is 5.91 Å². The van der Waals surface area contributed by atoms with E-state index in [4.69, 9.17) is 5.11 Å². The van der Waals surface area contributed by atoms with Crippen molar-refractivity contribution in [2.45, 2.75) is 25.7 Å². The van der Waals surface area contributed by atoms with Crippen LogP contribution in [0.4, 0.5) is 0 Å². The Hall–Kier alpha value is -1.10. The fourth-order valence-electron chi connectivity index (χ4n) is 2.08. The summed E-state index contributed by atoms with van der Waals surface area (Å²) in [7, 11) is 3.53. The van der Waals surface area contributed by atoms with E-state index in [1.807, 2.05) is 0 Å². The normalized spacial score (nSPS) is 18.0. The van der Waals surface area contributed by atoms with Crippen molar-refractivity contribution in [3.63, 3.8) is 0 Å². The summed E-state index contributed by atoms with van der Waals surface area (Å²) in [5.41, 5.74) is 0. The molecule has 0 atom stereocenters. The third-order valence-electron chi connectivity index (χ3n) is 3.30. The molecule has 1 amide bonds. The highest BCUT2D eigenvalue weighted by Crippen LogP contribution is 2.17. The Kier molecular flexibility index (Phi) is 5.41. The van der Waals surface area contributed by atoms with Gasteiger partial charge in [-0.2, -0.15) is 0 Å². The van der Waals surface area contributed by atoms with Crippen LogP contribution in [0.15, 0.2) is 0 Å². The molecule has 1 fully saturated rings. The van der Waals surface area contributed by atoms with Crippen molar-refractivity contribution in [1.29, 1.82) is 0 Å². The first-order chi connectivity index (χ1) is 8.00. The Bertz CT molecular complexity index is 271. The summed E-state index contributed by atoms with van der Waals surface area (Å²) in [6, 6.07) is 0. The van der Waals surface area contributed by atoms with E-state index in [9.17, 15) is 9.59 Å². The third kappa shape index (κ3) is 4.73. The number of carboxylic acid groups (broad SMARTS) is 1. The quantitative estimate of drug-likeness (QED) is 0.769. The average Bonchev–Trinajstić information content (AvgIpc) is 2.29. The van der Waals surface area contributed by atoms with Crippen LogP contribution in [0, 0.1) is 5.92 Å². The highest BCUT2D eigenvalue weighted by atomic mass is 16.4. The number of carbonyl (C=O) groups is 2. The van der Waals surface area contributed by atoms with Crippen molar-refractivity contribution in [2.75, 3.05) is 33.7 Å². The molecular formula is C12H22N2O3. The predicted octanol–water partition coefficient (Wildman–Crippen LogP) is 0.651. The van der Waals surface area contributed by atoms with Gasteiger partial charge in [-0.1, -0.05) is 0 Å². The first-order valence-corrected chi connectivity index (χ1v) is 6.16. The van der Waals surface area contributed by atoms with Crippen LogP contribution in [0.2, 0.25) is 0 Å². The van der Waals surface area contributed by atoms with Crippen molar-refractivity contribution in [3.8, 4) is 0 Å². The van der Waals surface area contributed by atoms with Gasteiger partial charge in [0, 0.05) is 20.5 Å². The molecule has 0 aromatic heterocycles. The average molecular weight is 242 g/mol. The van der Waals surface area contributed by atoms with E-state index in [1.165, 1.54) is 0 Å². The predicted molar refractivity (Wildman–Crippen MR) is 64.7 cm³/mol. The number of carbonyl (C=O) groups excluding carboxylic acids is 1. The molecule has 0 spiro atoms. The Balaban J connectivity index is 2.14. The molecule has 1 rings (SSSR count). The Morgan fingerprint density at radius 2 is 1.88 bits per heavy atom. The molecule has 0 aliphatic carbocycles. The van der Waals surface area contributed by atoms with Gasteiger partial charge < -0.3 is 14.9 Å². The molecule has 0 radical (unpaired) electrons. The molecular weight excluding hydrogens is 220 g/mol. The topological polar surface area (TPSA) is 60.9 Å². The van der Waals surface area contributed by atoms with Gasteiger partial charge in [0.05, 0.1) is 5.92 Å². The maximum Gasteiger partial charge on any atom is 0.306 e. The molecule has 0 saturated carbocycles. The minimum atomic E-state index is -0.674. The van der Waals surface area contributed by atoms with Crippen LogP contribution in [0.25, 0.3) is 0 Å². The van der Waals surface area contributed by atoms with Crippen molar-refractivity contribution in [2.24, 2.45) is 5.92 Å². The van der Waals surface area contributed by atoms with Crippen LogP contribution >= 0.6 is 0 Å². The summed E-state index contributed by atoms with van der Waals surface area (Å²) < 4.78 is 0. The van der Waals surface area contributed by atoms with Crippen LogP contribution in [-0.2, 0) is 9.59 Å². The van der Waals surface area contributed by atoms with Gasteiger partial charge in [-0.05, 0) is 38.9 Å². The Morgan fingerprint density at radius 3 is 2.35 bits per heavy atom. The Morgan fingerprint density at radius 1 is 1.29 bits per heavy atom. The van der Waals surface area contributed by atoms with Crippen molar-refractivity contribution < 1.29 is 14.7 Å². The second kappa shape index (κ2) is 6.59. The number of piperidine rings is 1. The van der Waals surface area contributed by atoms with Crippen LogP contribution in [-0.4, -0.2) is 60.5 Å². The number of rotatable bonds is 5. The standard InChI is InChI=1S/C12H22N2O3/c1-13(2)11(15)4-3-7-14-8-5-10(6-9-14)12(16)17/h10H,3-9H2,1-2H3,(H,16,17). The van der Waals surface area contributed by atoms with Crippen LogP contribution in [0.1, 0.15) is 25.7 Å². The van der Waals surface area contributed by atoms with E-state index in [0.717, 1.165) is 38.9 Å². The molecule has 1 aliphatic heterocycles. The van der Waals surface area contributed by atoms with E-state index >= 15 is 0 Å². The number of carboxylic acids is 1. The van der Waals surface area contributed by atoms with Gasteiger partial charge in [-0.25, -0.2) is 0 Å². The molecule has 98 valence electrons. The van der Waals surface area contributed by atoms with Gasteiger partial charge in [-0.15, -0.1) is 0 Å². The fraction of sp³-hybridized carbons (Fsp3) is 0.833. The monoisotopic (exact) mass is 242 g/mol. The molecule has 0 bridgehead atoms. The minimum Gasteiger partial charge on any atom is -0.481 e. The van der Waals surface area contributed by atoms with Crippen LogP contribution in [0.5, 0.6) is 0 Å². The molecule has 1 aliphatic rings. The number of amides is 1. The number of nitrogens with zero attached hydrogens (tertiary/aromatic N) is 2. The lowest BCUT2D eigenvalue weighted by Crippen LogP contribution is -2.37. The summed E-state index contributed by atoms with van der Waals surface area (Å²) in [4.78, 5) is 26.0. The summed E-state index contributed by atoms with van der Waals surface area (Å²) >= 11 is 0. The van der Waals surface area contributed by atoms with Gasteiger partial charge in [0.25, 0.3) is 0 Å². The molecule has 17 heavy (non-hydrogen) atoms. The van der Waals surface area contributed by atoms with Crippen molar-refractivity contribution in [3.05, 3.63) is 0 Å². The summed E-state index contributed by atoms with van der Waals surface area (Å²) in [5.74, 6) is -0.687. The molecule has 0 unspecified atom stereocenters. The lowest BCUT2D eigenvalue weighted by Gasteiger charge is -2.29. The lowest BCUT2D eigenvalue weighted by atomic mass is 9.97. The summed E-state index contributed by atoms with van der Waals surface area (Å²) in [6.45, 7) is 2.58. The highest BCUT2D eigenvalue weighted by Gasteiger charge is 2.24. The smallest absolute Gasteiger partial charge is 0.306 e. The van der Waals surface area contributed by atoms with Gasteiger partial charge in [0.15, 0.2) is 0 Å². The maximum absolute atomic E-state index is 11.4. The second-order valence-corrected chi connectivity index (χ2v) is 4.85. The zero-order valence-electron chi connectivity index (χ0n) is 10.7. The van der Waals surface area contributed by atoms with E-state index in [-0.39, 0.29) is 11.8 Å². The molecule has 0 aromatic carbocycles. The highest BCUT2D eigenvalue weighted by molar-refractivity contribution is 5.75. The second-order valence-electron chi connectivity index (χ2n) is 4.85. The van der Waals surface area contributed by atoms with Gasteiger partial charge >= 0.3 is 5.97 Å². The van der Waals surface area contributed by atoms with E-state index < -0.39 is 5.97 Å². The van der Waals surface area contributed by atoms with Crippen LogP contribution in [0.3, 0.4) is 0 Å². The first-order valence-electron chi connectivity index (χ1n) is 6.16. The molecule has 1 heterocycles. The van der Waals surface area contributed by atoms with Crippen molar-refractivity contribution in [1.82, 2.24) is 9.80 Å². The SMILES string of the molecule is CN(C)C(=O)CCCN1CCC(C(=O)O)CC1. The molecule has 5 heteroatoms. The van der Waals surface area contributed by atoms with E-state index in [2.05, 4.69) is 4.90 Å². The van der Waals surface area contributed by atoms with Crippen LogP contribution < -0.4 is 0 Å². The van der Waals surface area contributed by atoms with Crippen molar-refractivity contribution >= 4 is 11.9 Å². The zero-order chi connectivity index (χ0) is 12.8. The molecule has 5 nitrogen and oxygen atoms in total. The largest absolute Gasteiger partial charge is 0.481 e. The third-order valence-corrected chi connectivity index (χ3v) is 3.30. The summed E-state index contributed by atoms with van der Waals surface area (Å²) in [5, 5.41) is 8.87. The van der Waals surface area contributed by atoms with Gasteiger partial charge in [-0.3, -0.25) is 9.59 Å². The minimum absolute atomic E-state index is 0.158. The fourth-order valence-corrected chi connectivity index (χ4v) is 2.08.